The van der Waals surface area contributed by atoms with Gasteiger partial charge in [-0.1, -0.05) is 17.7 Å². The van der Waals surface area contributed by atoms with Gasteiger partial charge in [0.1, 0.15) is 11.5 Å². The Morgan fingerprint density at radius 1 is 1.33 bits per heavy atom. The number of nitrogens with one attached hydrogen (secondary N) is 2. The zero-order chi connectivity index (χ0) is 17.3. The van der Waals surface area contributed by atoms with Gasteiger partial charge in [-0.25, -0.2) is 0 Å². The third-order valence-electron chi connectivity index (χ3n) is 3.69. The molecule has 1 atom stereocenters. The van der Waals surface area contributed by atoms with E-state index in [0.717, 1.165) is 5.56 Å². The second-order valence-corrected chi connectivity index (χ2v) is 5.86. The van der Waals surface area contributed by atoms with Crippen LogP contribution in [0.15, 0.2) is 36.4 Å². The first kappa shape index (κ1) is 16.1. The van der Waals surface area contributed by atoms with Crippen molar-refractivity contribution in [3.05, 3.63) is 52.5 Å². The smallest absolute Gasteiger partial charge is 0.262 e. The minimum absolute atomic E-state index is 0.000246. The summed E-state index contributed by atoms with van der Waals surface area (Å²) < 4.78 is 5.31. The summed E-state index contributed by atoms with van der Waals surface area (Å²) in [6, 6.07) is 9.31. The summed E-state index contributed by atoms with van der Waals surface area (Å²) in [5.41, 5.74) is 1.74. The van der Waals surface area contributed by atoms with Gasteiger partial charge in [0.2, 0.25) is 0 Å². The largest absolute Gasteiger partial charge is 0.506 e. The van der Waals surface area contributed by atoms with Crippen molar-refractivity contribution >= 4 is 29.1 Å². The van der Waals surface area contributed by atoms with Crippen LogP contribution in [-0.2, 0) is 4.79 Å². The van der Waals surface area contributed by atoms with E-state index in [1.54, 1.807) is 12.1 Å². The first-order valence-electron chi connectivity index (χ1n) is 7.30. The lowest BCUT2D eigenvalue weighted by molar-refractivity contribution is -0.118. The lowest BCUT2D eigenvalue weighted by Gasteiger charge is -2.21. The fourth-order valence-electron chi connectivity index (χ4n) is 2.38. The van der Waals surface area contributed by atoms with Gasteiger partial charge in [-0.15, -0.1) is 0 Å². The highest BCUT2D eigenvalue weighted by atomic mass is 35.5. The van der Waals surface area contributed by atoms with Crippen LogP contribution in [-0.4, -0.2) is 23.5 Å². The number of hydrogen-bond donors (Lipinski definition) is 3. The first-order chi connectivity index (χ1) is 11.4. The monoisotopic (exact) mass is 346 g/mol. The number of halogens is 1. The minimum atomic E-state index is -0.317. The number of ether oxygens (including phenoxy) is 1. The van der Waals surface area contributed by atoms with Crippen LogP contribution in [0.4, 0.5) is 5.69 Å². The molecule has 7 heteroatoms. The van der Waals surface area contributed by atoms with Crippen molar-refractivity contribution in [2.75, 3.05) is 11.9 Å². The van der Waals surface area contributed by atoms with Crippen molar-refractivity contribution in [1.82, 2.24) is 5.32 Å². The van der Waals surface area contributed by atoms with Crippen molar-refractivity contribution < 1.29 is 19.4 Å². The first-order valence-corrected chi connectivity index (χ1v) is 7.68. The zero-order valence-electron chi connectivity index (χ0n) is 12.8. The molecule has 6 nitrogen and oxygen atoms in total. The molecule has 24 heavy (non-hydrogen) atoms. The van der Waals surface area contributed by atoms with Crippen LogP contribution in [0.2, 0.25) is 5.02 Å². The Balaban J connectivity index is 1.76. The van der Waals surface area contributed by atoms with Crippen LogP contribution in [0.1, 0.15) is 28.9 Å². The number of amides is 2. The molecule has 0 bridgehead atoms. The molecule has 3 N–H and O–H groups in total. The summed E-state index contributed by atoms with van der Waals surface area (Å²) in [6.45, 7) is 1.83. The van der Waals surface area contributed by atoms with Crippen molar-refractivity contribution in [3.8, 4) is 11.5 Å². The number of aromatic hydroxyl groups is 1. The summed E-state index contributed by atoms with van der Waals surface area (Å²) in [5, 5.41) is 15.1. The Hall–Kier alpha value is -2.73. The minimum Gasteiger partial charge on any atom is -0.506 e. The number of carbonyl (C=O) groups is 2. The van der Waals surface area contributed by atoms with Crippen molar-refractivity contribution in [2.24, 2.45) is 0 Å². The topological polar surface area (TPSA) is 87.7 Å². The van der Waals surface area contributed by atoms with Crippen LogP contribution >= 0.6 is 11.6 Å². The van der Waals surface area contributed by atoms with E-state index < -0.39 is 0 Å². The third kappa shape index (κ3) is 3.28. The molecule has 124 valence electrons. The molecule has 2 amide bonds. The molecule has 0 aliphatic carbocycles. The van der Waals surface area contributed by atoms with Gasteiger partial charge in [0, 0.05) is 5.56 Å². The summed E-state index contributed by atoms with van der Waals surface area (Å²) in [5.74, 6) is -0.00799. The van der Waals surface area contributed by atoms with E-state index in [4.69, 9.17) is 16.3 Å². The summed E-state index contributed by atoms with van der Waals surface area (Å²) in [6.07, 6.45) is 0. The summed E-state index contributed by atoms with van der Waals surface area (Å²) in [7, 11) is 0. The molecule has 1 heterocycles. The number of anilines is 1. The van der Waals surface area contributed by atoms with Crippen LogP contribution < -0.4 is 15.4 Å². The number of phenols is 1. The van der Waals surface area contributed by atoms with Crippen LogP contribution in [0.3, 0.4) is 0 Å². The predicted octanol–water partition coefficient (Wildman–Crippen LogP) is 2.87. The van der Waals surface area contributed by atoms with Crippen molar-refractivity contribution in [3.63, 3.8) is 0 Å². The second kappa shape index (κ2) is 6.41. The van der Waals surface area contributed by atoms with Gasteiger partial charge in [0.15, 0.2) is 6.61 Å². The predicted molar refractivity (Wildman–Crippen MR) is 89.6 cm³/mol. The summed E-state index contributed by atoms with van der Waals surface area (Å²) >= 11 is 5.82. The molecule has 0 saturated carbocycles. The van der Waals surface area contributed by atoms with E-state index in [1.807, 2.05) is 13.0 Å². The molecule has 1 aliphatic heterocycles. The highest BCUT2D eigenvalue weighted by Gasteiger charge is 2.18. The Bertz CT molecular complexity index is 822. The highest BCUT2D eigenvalue weighted by Crippen LogP contribution is 2.30. The van der Waals surface area contributed by atoms with E-state index in [9.17, 15) is 14.7 Å². The SMILES string of the molecule is C[C@H](NC(=O)c1ccc(O)c(Cl)c1)c1ccc2c(c1)NC(=O)CO2. The van der Waals surface area contributed by atoms with Gasteiger partial charge in [-0.2, -0.15) is 0 Å². The van der Waals surface area contributed by atoms with Crippen LogP contribution in [0.5, 0.6) is 11.5 Å². The molecule has 1 aliphatic rings. The number of fused-ring (bicyclic) bond motifs is 1. The van der Waals surface area contributed by atoms with Gasteiger partial charge >= 0.3 is 0 Å². The van der Waals surface area contributed by atoms with Gasteiger partial charge in [-0.3, -0.25) is 9.59 Å². The second-order valence-electron chi connectivity index (χ2n) is 5.45. The molecule has 0 saturated heterocycles. The fraction of sp³-hybridized carbons (Fsp3) is 0.176. The number of hydrogen-bond acceptors (Lipinski definition) is 4. The Morgan fingerprint density at radius 3 is 2.88 bits per heavy atom. The van der Waals surface area contributed by atoms with E-state index in [-0.39, 0.29) is 35.2 Å². The van der Waals surface area contributed by atoms with E-state index >= 15 is 0 Å². The average molecular weight is 347 g/mol. The summed E-state index contributed by atoms with van der Waals surface area (Å²) in [4.78, 5) is 23.7. The van der Waals surface area contributed by atoms with Gasteiger partial charge in [0.25, 0.3) is 11.8 Å². The normalized spacial score (nSPS) is 14.2. The third-order valence-corrected chi connectivity index (χ3v) is 4.00. The number of rotatable bonds is 3. The Kier molecular flexibility index (Phi) is 4.31. The van der Waals surface area contributed by atoms with Crippen LogP contribution in [0, 0.1) is 0 Å². The number of benzene rings is 2. The standard InChI is InChI=1S/C17H15ClN2O4/c1-9(19-17(23)11-2-4-14(21)12(18)6-11)10-3-5-15-13(7-10)20-16(22)8-24-15/h2-7,9,21H,8H2,1H3,(H,19,23)(H,20,22)/t9-/m0/s1. The highest BCUT2D eigenvalue weighted by molar-refractivity contribution is 6.32. The lowest BCUT2D eigenvalue weighted by atomic mass is 10.1. The maximum atomic E-state index is 12.3. The van der Waals surface area contributed by atoms with Crippen molar-refractivity contribution in [1.29, 1.82) is 0 Å². The molecule has 0 fully saturated rings. The zero-order valence-corrected chi connectivity index (χ0v) is 13.6. The molecular formula is C17H15ClN2O4. The van der Waals surface area contributed by atoms with Gasteiger partial charge in [0.05, 0.1) is 16.8 Å². The Labute approximate surface area is 143 Å². The van der Waals surface area contributed by atoms with Gasteiger partial charge in [-0.05, 0) is 42.8 Å². The van der Waals surface area contributed by atoms with E-state index in [0.29, 0.717) is 17.0 Å². The van der Waals surface area contributed by atoms with E-state index in [1.165, 1.54) is 18.2 Å². The molecule has 0 radical (unpaired) electrons. The molecule has 3 rings (SSSR count). The number of carbonyl (C=O) groups excluding carboxylic acids is 2. The maximum Gasteiger partial charge on any atom is 0.262 e. The maximum absolute atomic E-state index is 12.3. The quantitative estimate of drug-likeness (QED) is 0.797. The average Bonchev–Trinajstić information content (AvgIpc) is 2.56. The molecule has 2 aromatic rings. The molecule has 2 aromatic carbocycles. The molecule has 0 spiro atoms. The van der Waals surface area contributed by atoms with Crippen LogP contribution in [0.25, 0.3) is 0 Å². The van der Waals surface area contributed by atoms with Gasteiger partial charge < -0.3 is 20.5 Å². The lowest BCUT2D eigenvalue weighted by Crippen LogP contribution is -2.28. The van der Waals surface area contributed by atoms with Crippen molar-refractivity contribution in [2.45, 2.75) is 13.0 Å². The fourth-order valence-corrected chi connectivity index (χ4v) is 2.56. The molecule has 0 aromatic heterocycles. The number of phenolic OH excluding ortho intramolecular Hbond substituents is 1. The Morgan fingerprint density at radius 2 is 2.12 bits per heavy atom. The molecular weight excluding hydrogens is 332 g/mol. The van der Waals surface area contributed by atoms with E-state index in [2.05, 4.69) is 10.6 Å². The molecule has 0 unspecified atom stereocenters.